The molecule has 24 heavy (non-hydrogen) atoms. The zero-order valence-electron chi connectivity index (χ0n) is 14.0. The molecule has 0 radical (unpaired) electrons. The molecule has 1 atom stereocenters. The largest absolute Gasteiger partial charge is 0.376 e. The van der Waals surface area contributed by atoms with Gasteiger partial charge in [-0.25, -0.2) is 4.79 Å². The second-order valence-corrected chi connectivity index (χ2v) is 6.97. The quantitative estimate of drug-likeness (QED) is 0.886. The second kappa shape index (κ2) is 8.70. The average Bonchev–Trinajstić information content (AvgIpc) is 3.12. The van der Waals surface area contributed by atoms with Gasteiger partial charge in [0.2, 0.25) is 0 Å². The van der Waals surface area contributed by atoms with Crippen molar-refractivity contribution < 1.29 is 9.53 Å². The fourth-order valence-corrected chi connectivity index (χ4v) is 3.49. The maximum atomic E-state index is 12.2. The van der Waals surface area contributed by atoms with Crippen LogP contribution in [-0.2, 0) is 11.2 Å². The smallest absolute Gasteiger partial charge is 0.317 e. The molecule has 2 aliphatic heterocycles. The Morgan fingerprint density at radius 2 is 2.12 bits per heavy atom. The minimum atomic E-state index is 0.0417. The molecular weight excluding hydrogens is 326 g/mol. The van der Waals surface area contributed by atoms with Crippen LogP contribution in [0.5, 0.6) is 0 Å². The van der Waals surface area contributed by atoms with Gasteiger partial charge in [-0.3, -0.25) is 4.90 Å². The second-order valence-electron chi connectivity index (χ2n) is 6.53. The monoisotopic (exact) mass is 351 g/mol. The first kappa shape index (κ1) is 17.5. The van der Waals surface area contributed by atoms with Gasteiger partial charge in [-0.1, -0.05) is 23.7 Å². The van der Waals surface area contributed by atoms with E-state index in [-0.39, 0.29) is 12.1 Å². The van der Waals surface area contributed by atoms with Crippen molar-refractivity contribution in [3.05, 3.63) is 34.9 Å². The van der Waals surface area contributed by atoms with E-state index < -0.39 is 0 Å². The number of nitrogens with one attached hydrogen (secondary N) is 1. The van der Waals surface area contributed by atoms with E-state index >= 15 is 0 Å². The van der Waals surface area contributed by atoms with E-state index in [9.17, 15) is 4.79 Å². The van der Waals surface area contributed by atoms with E-state index in [4.69, 9.17) is 16.3 Å². The van der Waals surface area contributed by atoms with E-state index in [1.54, 1.807) is 0 Å². The first-order valence-corrected chi connectivity index (χ1v) is 9.20. The summed E-state index contributed by atoms with van der Waals surface area (Å²) in [5.74, 6) is 0. The molecule has 0 saturated carbocycles. The Morgan fingerprint density at radius 3 is 2.83 bits per heavy atom. The molecule has 5 nitrogen and oxygen atoms in total. The highest BCUT2D eigenvalue weighted by molar-refractivity contribution is 6.30. The molecule has 0 bridgehead atoms. The maximum Gasteiger partial charge on any atom is 0.317 e. The summed E-state index contributed by atoms with van der Waals surface area (Å²) in [6, 6.07) is 8.07. The number of carbonyl (C=O) groups is 1. The van der Waals surface area contributed by atoms with Gasteiger partial charge in [0.1, 0.15) is 0 Å². The summed E-state index contributed by atoms with van der Waals surface area (Å²) in [5.41, 5.74) is 1.26. The fraction of sp³-hybridized carbons (Fsp3) is 0.611. The molecule has 2 fully saturated rings. The molecule has 1 aromatic carbocycles. The highest BCUT2D eigenvalue weighted by Gasteiger charge is 2.22. The van der Waals surface area contributed by atoms with E-state index in [2.05, 4.69) is 16.3 Å². The summed E-state index contributed by atoms with van der Waals surface area (Å²) in [4.78, 5) is 16.5. The number of carbonyl (C=O) groups excluding carboxylic acids is 1. The summed E-state index contributed by atoms with van der Waals surface area (Å²) in [7, 11) is 0. The van der Waals surface area contributed by atoms with Crippen LogP contribution in [-0.4, -0.2) is 67.8 Å². The van der Waals surface area contributed by atoms with Gasteiger partial charge in [0.15, 0.2) is 0 Å². The summed E-state index contributed by atoms with van der Waals surface area (Å²) in [6.07, 6.45) is 3.35. The molecule has 2 amide bonds. The lowest BCUT2D eigenvalue weighted by Crippen LogP contribution is -2.52. The van der Waals surface area contributed by atoms with Gasteiger partial charge in [0.25, 0.3) is 0 Å². The summed E-state index contributed by atoms with van der Waals surface area (Å²) < 4.78 is 5.54. The lowest BCUT2D eigenvalue weighted by Gasteiger charge is -2.34. The minimum Gasteiger partial charge on any atom is -0.376 e. The van der Waals surface area contributed by atoms with Crippen molar-refractivity contribution in [2.45, 2.75) is 25.4 Å². The third-order valence-electron chi connectivity index (χ3n) is 4.77. The Labute approximate surface area is 148 Å². The third kappa shape index (κ3) is 5.10. The number of urea groups is 1. The predicted octanol–water partition coefficient (Wildman–Crippen LogP) is 2.39. The van der Waals surface area contributed by atoms with E-state index in [0.29, 0.717) is 6.54 Å². The summed E-state index contributed by atoms with van der Waals surface area (Å²) >= 11 is 6.02. The summed E-state index contributed by atoms with van der Waals surface area (Å²) in [6.45, 7) is 5.88. The molecular formula is C18H26ClN3O2. The molecule has 1 aromatic rings. The molecule has 0 aromatic heterocycles. The Balaban J connectivity index is 1.35. The third-order valence-corrected chi connectivity index (χ3v) is 5.01. The number of hydrogen-bond donors (Lipinski definition) is 1. The number of nitrogens with zero attached hydrogens (tertiary/aromatic N) is 2. The average molecular weight is 352 g/mol. The Hall–Kier alpha value is -1.30. The lowest BCUT2D eigenvalue weighted by molar-refractivity contribution is 0.104. The van der Waals surface area contributed by atoms with E-state index in [1.807, 2.05) is 23.1 Å². The lowest BCUT2D eigenvalue weighted by atomic mass is 10.1. The van der Waals surface area contributed by atoms with Crippen molar-refractivity contribution in [3.8, 4) is 0 Å². The molecule has 1 N–H and O–H groups in total. The molecule has 132 valence electrons. The van der Waals surface area contributed by atoms with Crippen molar-refractivity contribution in [2.75, 3.05) is 45.9 Å². The van der Waals surface area contributed by atoms with Gasteiger partial charge in [-0.15, -0.1) is 0 Å². The number of hydrogen-bond acceptors (Lipinski definition) is 3. The number of ether oxygens (including phenoxy) is 1. The zero-order chi connectivity index (χ0) is 16.8. The molecule has 1 unspecified atom stereocenters. The van der Waals surface area contributed by atoms with Crippen LogP contribution in [0.3, 0.4) is 0 Å². The van der Waals surface area contributed by atoms with Crippen LogP contribution in [0.1, 0.15) is 18.4 Å². The first-order valence-electron chi connectivity index (χ1n) is 8.82. The van der Waals surface area contributed by atoms with Crippen molar-refractivity contribution in [2.24, 2.45) is 0 Å². The molecule has 2 saturated heterocycles. The predicted molar refractivity (Wildman–Crippen MR) is 95.5 cm³/mol. The highest BCUT2D eigenvalue weighted by Crippen LogP contribution is 2.13. The van der Waals surface area contributed by atoms with Crippen molar-refractivity contribution in [3.63, 3.8) is 0 Å². The van der Waals surface area contributed by atoms with Gasteiger partial charge in [0.05, 0.1) is 6.10 Å². The van der Waals surface area contributed by atoms with Crippen LogP contribution >= 0.6 is 11.6 Å². The van der Waals surface area contributed by atoms with Gasteiger partial charge in [-0.05, 0) is 37.0 Å². The first-order chi connectivity index (χ1) is 11.7. The topological polar surface area (TPSA) is 44.8 Å². The van der Waals surface area contributed by atoms with Crippen LogP contribution in [0, 0.1) is 0 Å². The van der Waals surface area contributed by atoms with Crippen LogP contribution in [0.25, 0.3) is 0 Å². The SMILES string of the molecule is O=C(NCC1CCCO1)N1CCN(CCc2cccc(Cl)c2)CC1. The molecule has 6 heteroatoms. The van der Waals surface area contributed by atoms with Crippen LogP contribution in [0.2, 0.25) is 5.02 Å². The van der Waals surface area contributed by atoms with Gasteiger partial charge < -0.3 is 15.0 Å². The molecule has 0 aliphatic carbocycles. The highest BCUT2D eigenvalue weighted by atomic mass is 35.5. The van der Waals surface area contributed by atoms with Gasteiger partial charge >= 0.3 is 6.03 Å². The van der Waals surface area contributed by atoms with Crippen LogP contribution in [0.15, 0.2) is 24.3 Å². The van der Waals surface area contributed by atoms with Gasteiger partial charge in [-0.2, -0.15) is 0 Å². The molecule has 3 rings (SSSR count). The van der Waals surface area contributed by atoms with Gasteiger partial charge in [0, 0.05) is 50.9 Å². The normalized spacial score (nSPS) is 21.9. The van der Waals surface area contributed by atoms with E-state index in [0.717, 1.165) is 63.6 Å². The molecule has 0 spiro atoms. The maximum absolute atomic E-state index is 12.2. The fourth-order valence-electron chi connectivity index (χ4n) is 3.27. The number of amides is 2. The number of piperazine rings is 1. The number of rotatable bonds is 5. The number of benzene rings is 1. The minimum absolute atomic E-state index is 0.0417. The van der Waals surface area contributed by atoms with Crippen molar-refractivity contribution >= 4 is 17.6 Å². The van der Waals surface area contributed by atoms with Crippen molar-refractivity contribution in [1.29, 1.82) is 0 Å². The van der Waals surface area contributed by atoms with Crippen LogP contribution < -0.4 is 5.32 Å². The van der Waals surface area contributed by atoms with E-state index in [1.165, 1.54) is 5.56 Å². The van der Waals surface area contributed by atoms with Crippen molar-refractivity contribution in [1.82, 2.24) is 15.1 Å². The molecule has 2 aliphatic rings. The molecule has 2 heterocycles. The Bertz CT molecular complexity index is 541. The standard InChI is InChI=1S/C18H26ClN3O2/c19-16-4-1-3-15(13-16)6-7-21-8-10-22(11-9-21)18(23)20-14-17-5-2-12-24-17/h1,3-4,13,17H,2,5-12,14H2,(H,20,23). The van der Waals surface area contributed by atoms with Crippen LogP contribution in [0.4, 0.5) is 4.79 Å². The Kier molecular flexibility index (Phi) is 6.35. The summed E-state index contributed by atoms with van der Waals surface area (Å²) in [5, 5.41) is 3.79. The Morgan fingerprint density at radius 1 is 1.29 bits per heavy atom. The zero-order valence-corrected chi connectivity index (χ0v) is 14.8. The number of halogens is 1.